The van der Waals surface area contributed by atoms with Crippen LogP contribution in [0.25, 0.3) is 10.8 Å². The summed E-state index contributed by atoms with van der Waals surface area (Å²) in [6.45, 7) is 10.2. The summed E-state index contributed by atoms with van der Waals surface area (Å²) in [6.07, 6.45) is 5.81. The Balaban J connectivity index is 1.16. The number of hydrogen-bond acceptors (Lipinski definition) is 9. The molecule has 8 rings (SSSR count). The molecular formula is C44H53N7O3. The van der Waals surface area contributed by atoms with Crippen molar-refractivity contribution in [3.63, 3.8) is 0 Å². The SMILES string of the molecule is CN1CCC[C@@H]1C1(COc2nc3c(c(N4CCN(C(=O)OC(C)(C)C)[C@](CC#N)(Cc5ccccc5)C4)n2)CCN(c2cccc4ccccc24)C3)CC1. The minimum Gasteiger partial charge on any atom is -0.463 e. The van der Waals surface area contributed by atoms with E-state index in [4.69, 9.17) is 19.4 Å². The van der Waals surface area contributed by atoms with Gasteiger partial charge in [0.2, 0.25) is 0 Å². The Morgan fingerprint density at radius 2 is 1.72 bits per heavy atom. The lowest BCUT2D eigenvalue weighted by atomic mass is 9.83. The molecule has 0 radical (unpaired) electrons. The van der Waals surface area contributed by atoms with Gasteiger partial charge in [0.1, 0.15) is 11.4 Å². The molecule has 0 unspecified atom stereocenters. The summed E-state index contributed by atoms with van der Waals surface area (Å²) in [5.41, 5.74) is 2.99. The van der Waals surface area contributed by atoms with Gasteiger partial charge in [-0.1, -0.05) is 66.7 Å². The third-order valence-electron chi connectivity index (χ3n) is 12.1. The summed E-state index contributed by atoms with van der Waals surface area (Å²) < 4.78 is 12.7. The lowest BCUT2D eigenvalue weighted by molar-refractivity contribution is -0.00685. The minimum absolute atomic E-state index is 0.149. The molecule has 4 aromatic rings. The van der Waals surface area contributed by atoms with Crippen LogP contribution in [-0.4, -0.2) is 89.4 Å². The van der Waals surface area contributed by atoms with Gasteiger partial charge in [0, 0.05) is 54.3 Å². The number of likely N-dealkylation sites (tertiary alicyclic amines) is 1. The maximum absolute atomic E-state index is 13.9. The molecule has 1 aromatic heterocycles. The van der Waals surface area contributed by atoms with Crippen molar-refractivity contribution in [3.8, 4) is 12.1 Å². The third-order valence-corrected chi connectivity index (χ3v) is 12.1. The molecular weight excluding hydrogens is 675 g/mol. The lowest BCUT2D eigenvalue weighted by Crippen LogP contribution is -2.66. The maximum atomic E-state index is 13.9. The van der Waals surface area contributed by atoms with Crippen LogP contribution in [-0.2, 0) is 24.1 Å². The third kappa shape index (κ3) is 7.18. The number of piperazine rings is 1. The summed E-state index contributed by atoms with van der Waals surface area (Å²) in [5.74, 6) is 0.856. The second kappa shape index (κ2) is 14.4. The van der Waals surface area contributed by atoms with Gasteiger partial charge in [-0.3, -0.25) is 4.90 Å². The Labute approximate surface area is 319 Å². The van der Waals surface area contributed by atoms with Gasteiger partial charge in [-0.2, -0.15) is 15.2 Å². The average Bonchev–Trinajstić information content (AvgIpc) is 3.82. The molecule has 1 saturated carbocycles. The average molecular weight is 728 g/mol. The first-order valence-corrected chi connectivity index (χ1v) is 19.7. The number of fused-ring (bicyclic) bond motifs is 2. The largest absolute Gasteiger partial charge is 0.463 e. The van der Waals surface area contributed by atoms with Crippen LogP contribution in [0.15, 0.2) is 72.8 Å². The summed E-state index contributed by atoms with van der Waals surface area (Å²) >= 11 is 0. The Kier molecular flexibility index (Phi) is 9.63. The van der Waals surface area contributed by atoms with Gasteiger partial charge in [0.25, 0.3) is 0 Å². The second-order valence-corrected chi connectivity index (χ2v) is 17.0. The highest BCUT2D eigenvalue weighted by atomic mass is 16.6. The Morgan fingerprint density at radius 3 is 2.46 bits per heavy atom. The Bertz CT molecular complexity index is 2030. The molecule has 2 atom stereocenters. The summed E-state index contributed by atoms with van der Waals surface area (Å²) in [5, 5.41) is 12.8. The van der Waals surface area contributed by atoms with Gasteiger partial charge < -0.3 is 24.2 Å². The normalized spacial score (nSPS) is 22.5. The number of hydrogen-bond donors (Lipinski definition) is 0. The predicted octanol–water partition coefficient (Wildman–Crippen LogP) is 7.40. The minimum atomic E-state index is -0.843. The van der Waals surface area contributed by atoms with Crippen molar-refractivity contribution in [2.45, 2.75) is 89.4 Å². The standard InChI is InChI=1S/C44H53N7O3/c1-42(2,3)54-41(52)51-27-26-50(30-44(51,22-23-45)28-32-12-6-5-7-13-32)39-35-19-25-49(37-17-10-15-33-14-8-9-16-34(33)37)29-36(35)46-40(47-39)53-31-43(20-21-43)38-18-11-24-48(38)4/h5-10,12-17,38H,11,18-22,24-31H2,1-4H3/t38-,44-/m1/s1. The molecule has 3 aliphatic heterocycles. The van der Waals surface area contributed by atoms with E-state index >= 15 is 0 Å². The Hall–Kier alpha value is -4.88. The van der Waals surface area contributed by atoms with Crippen molar-refractivity contribution < 1.29 is 14.3 Å². The van der Waals surface area contributed by atoms with Gasteiger partial charge >= 0.3 is 12.1 Å². The van der Waals surface area contributed by atoms with Crippen LogP contribution in [0.4, 0.5) is 16.3 Å². The topological polar surface area (TPSA) is 98.1 Å². The first-order chi connectivity index (χ1) is 26.1. The molecule has 1 amide bonds. The first kappa shape index (κ1) is 36.1. The van der Waals surface area contributed by atoms with Crippen molar-refractivity contribution in [3.05, 3.63) is 89.6 Å². The van der Waals surface area contributed by atoms with Crippen LogP contribution >= 0.6 is 0 Å². The molecule has 282 valence electrons. The molecule has 3 fully saturated rings. The van der Waals surface area contributed by atoms with Crippen LogP contribution in [0.2, 0.25) is 0 Å². The van der Waals surface area contributed by atoms with E-state index in [1.807, 2.05) is 43.9 Å². The Morgan fingerprint density at radius 1 is 0.944 bits per heavy atom. The fourth-order valence-corrected chi connectivity index (χ4v) is 9.28. The highest BCUT2D eigenvalue weighted by molar-refractivity contribution is 5.94. The van der Waals surface area contributed by atoms with E-state index < -0.39 is 11.1 Å². The molecule has 0 bridgehead atoms. The van der Waals surface area contributed by atoms with Crippen LogP contribution in [0, 0.1) is 16.7 Å². The van der Waals surface area contributed by atoms with Crippen molar-refractivity contribution >= 4 is 28.4 Å². The van der Waals surface area contributed by atoms with E-state index in [9.17, 15) is 10.1 Å². The number of amides is 1. The molecule has 2 saturated heterocycles. The zero-order valence-corrected chi connectivity index (χ0v) is 32.3. The van der Waals surface area contributed by atoms with E-state index in [2.05, 4.69) is 82.4 Å². The van der Waals surface area contributed by atoms with Crippen molar-refractivity contribution in [1.82, 2.24) is 19.8 Å². The lowest BCUT2D eigenvalue weighted by Gasteiger charge is -2.50. The van der Waals surface area contributed by atoms with Crippen molar-refractivity contribution in [2.75, 3.05) is 56.2 Å². The quantitative estimate of drug-likeness (QED) is 0.175. The van der Waals surface area contributed by atoms with E-state index in [0.29, 0.717) is 51.3 Å². The number of carbonyl (C=O) groups is 1. The van der Waals surface area contributed by atoms with Gasteiger partial charge in [-0.25, -0.2) is 4.79 Å². The van der Waals surface area contributed by atoms with Crippen molar-refractivity contribution in [2.24, 2.45) is 5.41 Å². The number of anilines is 2. The van der Waals surface area contributed by atoms with E-state index in [1.54, 1.807) is 0 Å². The van der Waals surface area contributed by atoms with E-state index in [1.165, 1.54) is 29.3 Å². The molecule has 1 aliphatic carbocycles. The number of nitriles is 1. The van der Waals surface area contributed by atoms with Crippen LogP contribution in [0.3, 0.4) is 0 Å². The van der Waals surface area contributed by atoms with Gasteiger partial charge in [-0.15, -0.1) is 0 Å². The smallest absolute Gasteiger partial charge is 0.410 e. The molecule has 10 heteroatoms. The second-order valence-electron chi connectivity index (χ2n) is 17.0. The molecule has 4 aliphatic rings. The fourth-order valence-electron chi connectivity index (χ4n) is 9.28. The number of rotatable bonds is 9. The maximum Gasteiger partial charge on any atom is 0.410 e. The summed E-state index contributed by atoms with van der Waals surface area (Å²) in [6, 6.07) is 28.6. The van der Waals surface area contributed by atoms with Gasteiger partial charge in [0.05, 0.1) is 36.9 Å². The van der Waals surface area contributed by atoms with Gasteiger partial charge in [-0.05, 0) is 89.9 Å². The highest BCUT2D eigenvalue weighted by Crippen LogP contribution is 2.53. The zero-order chi connectivity index (χ0) is 37.5. The number of nitrogens with zero attached hydrogens (tertiary/aromatic N) is 7. The molecule has 54 heavy (non-hydrogen) atoms. The number of aromatic nitrogens is 2. The molecule has 0 N–H and O–H groups in total. The molecule has 10 nitrogen and oxygen atoms in total. The number of benzene rings is 3. The molecule has 0 spiro atoms. The predicted molar refractivity (Wildman–Crippen MR) is 212 cm³/mol. The fraction of sp³-hybridized carbons (Fsp3) is 0.500. The number of carbonyl (C=O) groups excluding carboxylic acids is 1. The summed E-state index contributed by atoms with van der Waals surface area (Å²) in [7, 11) is 2.24. The molecule has 4 heterocycles. The molecule has 3 aromatic carbocycles. The van der Waals surface area contributed by atoms with Crippen molar-refractivity contribution in [1.29, 1.82) is 5.26 Å². The number of ether oxygens (including phenoxy) is 2. The van der Waals surface area contributed by atoms with E-state index in [0.717, 1.165) is 55.0 Å². The van der Waals surface area contributed by atoms with Gasteiger partial charge in [0.15, 0.2) is 0 Å². The van der Waals surface area contributed by atoms with Crippen LogP contribution in [0.5, 0.6) is 6.01 Å². The van der Waals surface area contributed by atoms with E-state index in [-0.39, 0.29) is 17.9 Å². The van der Waals surface area contributed by atoms with Crippen LogP contribution < -0.4 is 14.5 Å². The zero-order valence-electron chi connectivity index (χ0n) is 32.3. The summed E-state index contributed by atoms with van der Waals surface area (Å²) in [4.78, 5) is 33.4. The highest BCUT2D eigenvalue weighted by Gasteiger charge is 2.53. The first-order valence-electron chi connectivity index (χ1n) is 19.7. The monoisotopic (exact) mass is 727 g/mol. The van der Waals surface area contributed by atoms with Crippen LogP contribution in [0.1, 0.15) is 69.7 Å².